The van der Waals surface area contributed by atoms with Gasteiger partial charge in [-0.25, -0.2) is 9.97 Å². The van der Waals surface area contributed by atoms with Crippen molar-refractivity contribution in [1.82, 2.24) is 20.2 Å². The predicted molar refractivity (Wildman–Crippen MR) is 78.0 cm³/mol. The molecule has 0 unspecified atom stereocenters. The monoisotopic (exact) mass is 284 g/mol. The van der Waals surface area contributed by atoms with Gasteiger partial charge >= 0.3 is 0 Å². The average molecular weight is 284 g/mol. The van der Waals surface area contributed by atoms with Gasteiger partial charge < -0.3 is 5.73 Å². The van der Waals surface area contributed by atoms with Crippen LogP contribution in [0.3, 0.4) is 0 Å². The summed E-state index contributed by atoms with van der Waals surface area (Å²) in [6.07, 6.45) is 0. The number of hydrogen-bond acceptors (Lipinski definition) is 5. The number of aromatic nitrogens is 4. The van der Waals surface area contributed by atoms with Gasteiger partial charge in [0.15, 0.2) is 0 Å². The van der Waals surface area contributed by atoms with Crippen LogP contribution in [-0.2, 0) is 0 Å². The lowest BCUT2D eigenvalue weighted by Gasteiger charge is -2.07. The van der Waals surface area contributed by atoms with Crippen LogP contribution in [0.1, 0.15) is 11.4 Å². The van der Waals surface area contributed by atoms with E-state index in [0.717, 1.165) is 16.7 Å². The molecule has 7 heteroatoms. The van der Waals surface area contributed by atoms with Crippen LogP contribution in [0.5, 0.6) is 0 Å². The van der Waals surface area contributed by atoms with Crippen LogP contribution >= 0.6 is 11.8 Å². The number of nitrogens with one attached hydrogen (secondary N) is 2. The average Bonchev–Trinajstić information content (AvgIpc) is 2.83. The van der Waals surface area contributed by atoms with Crippen LogP contribution in [0.4, 0.5) is 0 Å². The molecule has 1 aromatic carbocycles. The van der Waals surface area contributed by atoms with Gasteiger partial charge in [-0.1, -0.05) is 18.2 Å². The van der Waals surface area contributed by atoms with E-state index in [9.17, 15) is 0 Å². The number of amidine groups is 1. The molecule has 0 spiro atoms. The highest BCUT2D eigenvalue weighted by molar-refractivity contribution is 7.99. The first-order valence-electron chi connectivity index (χ1n) is 5.94. The second-order valence-electron chi connectivity index (χ2n) is 4.25. The van der Waals surface area contributed by atoms with Gasteiger partial charge in [0, 0.05) is 10.9 Å². The Balaban J connectivity index is 2.11. The zero-order chi connectivity index (χ0) is 14.1. The van der Waals surface area contributed by atoms with Crippen molar-refractivity contribution < 1.29 is 0 Å². The topological polar surface area (TPSA) is 104 Å². The lowest BCUT2D eigenvalue weighted by Crippen LogP contribution is -2.13. The summed E-state index contributed by atoms with van der Waals surface area (Å²) in [5.74, 6) is 0.718. The molecule has 0 saturated carbocycles. The van der Waals surface area contributed by atoms with Gasteiger partial charge in [-0.2, -0.15) is 0 Å². The Bertz CT molecular complexity index is 794. The summed E-state index contributed by atoms with van der Waals surface area (Å²) in [4.78, 5) is 8.78. The Morgan fingerprint density at radius 3 is 2.80 bits per heavy atom. The van der Waals surface area contributed by atoms with Gasteiger partial charge in [0.05, 0.1) is 5.52 Å². The summed E-state index contributed by atoms with van der Waals surface area (Å²) in [5, 5.41) is 16.7. The minimum Gasteiger partial charge on any atom is -0.384 e. The number of H-pyrrole nitrogens is 1. The van der Waals surface area contributed by atoms with Crippen LogP contribution in [0.15, 0.2) is 40.5 Å². The Morgan fingerprint density at radius 1 is 1.30 bits per heavy atom. The molecule has 20 heavy (non-hydrogen) atoms. The summed E-state index contributed by atoms with van der Waals surface area (Å²) in [6, 6.07) is 9.59. The number of nitrogen functional groups attached to an aromatic ring is 1. The molecule has 0 fully saturated rings. The molecule has 3 aromatic rings. The van der Waals surface area contributed by atoms with E-state index in [1.807, 2.05) is 37.3 Å². The SMILES string of the molecule is Cc1nc(Sc2nc3ccccc3cc2C(=N)N)n[nH]1. The standard InChI is InChI=1S/C13H12N6S/c1-7-16-13(19-18-7)20-12-9(11(14)15)6-8-4-2-3-5-10(8)17-12/h2-6H,1H3,(H3,14,15)(H,16,18,19). The number of benzene rings is 1. The molecule has 0 atom stereocenters. The van der Waals surface area contributed by atoms with E-state index in [1.165, 1.54) is 11.8 Å². The fraction of sp³-hybridized carbons (Fsp3) is 0.0769. The molecule has 0 radical (unpaired) electrons. The molecular weight excluding hydrogens is 272 g/mol. The lowest BCUT2D eigenvalue weighted by molar-refractivity contribution is 0.965. The number of aromatic amines is 1. The molecule has 2 heterocycles. The summed E-state index contributed by atoms with van der Waals surface area (Å²) in [7, 11) is 0. The molecule has 0 aliphatic carbocycles. The second kappa shape index (κ2) is 4.93. The van der Waals surface area contributed by atoms with Crippen molar-refractivity contribution in [2.24, 2.45) is 5.73 Å². The molecule has 3 rings (SSSR count). The maximum atomic E-state index is 7.70. The van der Waals surface area contributed by atoms with E-state index >= 15 is 0 Å². The molecular formula is C13H12N6S. The first kappa shape index (κ1) is 12.6. The van der Waals surface area contributed by atoms with Crippen molar-refractivity contribution >= 4 is 28.5 Å². The Kier molecular flexibility index (Phi) is 3.11. The molecule has 0 aliphatic heterocycles. The summed E-state index contributed by atoms with van der Waals surface area (Å²) < 4.78 is 0. The van der Waals surface area contributed by atoms with E-state index < -0.39 is 0 Å². The zero-order valence-corrected chi connectivity index (χ0v) is 11.5. The van der Waals surface area contributed by atoms with Gasteiger partial charge in [0.25, 0.3) is 0 Å². The zero-order valence-electron chi connectivity index (χ0n) is 10.7. The van der Waals surface area contributed by atoms with Crippen LogP contribution in [-0.4, -0.2) is 26.0 Å². The highest BCUT2D eigenvalue weighted by atomic mass is 32.2. The van der Waals surface area contributed by atoms with Crippen LogP contribution < -0.4 is 5.73 Å². The first-order chi connectivity index (χ1) is 9.63. The third kappa shape index (κ3) is 2.35. The number of rotatable bonds is 3. The molecule has 4 N–H and O–H groups in total. The number of hydrogen-bond donors (Lipinski definition) is 3. The fourth-order valence-corrected chi connectivity index (χ4v) is 2.69. The number of pyridine rings is 1. The maximum absolute atomic E-state index is 7.70. The Hall–Kier alpha value is -2.41. The lowest BCUT2D eigenvalue weighted by atomic mass is 10.1. The third-order valence-corrected chi connectivity index (χ3v) is 3.61. The molecule has 0 saturated heterocycles. The van der Waals surface area contributed by atoms with E-state index in [1.54, 1.807) is 0 Å². The van der Waals surface area contributed by atoms with Crippen molar-refractivity contribution in [3.05, 3.63) is 41.7 Å². The molecule has 0 aliphatic rings. The van der Waals surface area contributed by atoms with E-state index in [0.29, 0.717) is 15.7 Å². The summed E-state index contributed by atoms with van der Waals surface area (Å²) >= 11 is 1.29. The maximum Gasteiger partial charge on any atom is 0.214 e. The molecule has 100 valence electrons. The number of nitrogens with zero attached hydrogens (tertiary/aromatic N) is 3. The smallest absolute Gasteiger partial charge is 0.214 e. The number of aryl methyl sites for hydroxylation is 1. The number of fused-ring (bicyclic) bond motifs is 1. The molecule has 6 nitrogen and oxygen atoms in total. The molecule has 0 amide bonds. The predicted octanol–water partition coefficient (Wildman–Crippen LogP) is 2.10. The van der Waals surface area contributed by atoms with Crippen molar-refractivity contribution in [2.75, 3.05) is 0 Å². The van der Waals surface area contributed by atoms with E-state index in [2.05, 4.69) is 20.2 Å². The van der Waals surface area contributed by atoms with Crippen LogP contribution in [0, 0.1) is 12.3 Å². The number of nitrogens with two attached hydrogens (primary N) is 1. The third-order valence-electron chi connectivity index (χ3n) is 2.74. The Morgan fingerprint density at radius 2 is 2.10 bits per heavy atom. The van der Waals surface area contributed by atoms with Gasteiger partial charge in [0.2, 0.25) is 5.16 Å². The van der Waals surface area contributed by atoms with Gasteiger partial charge in [-0.3, -0.25) is 10.5 Å². The van der Waals surface area contributed by atoms with Gasteiger partial charge in [0.1, 0.15) is 16.7 Å². The van der Waals surface area contributed by atoms with Crippen molar-refractivity contribution in [2.45, 2.75) is 17.1 Å². The minimum absolute atomic E-state index is 0.0157. The van der Waals surface area contributed by atoms with Crippen molar-refractivity contribution in [3.8, 4) is 0 Å². The quantitative estimate of drug-likeness (QED) is 0.504. The number of para-hydroxylation sites is 1. The van der Waals surface area contributed by atoms with Gasteiger partial charge in [-0.05, 0) is 30.8 Å². The van der Waals surface area contributed by atoms with Crippen molar-refractivity contribution in [1.29, 1.82) is 5.41 Å². The highest BCUT2D eigenvalue weighted by Gasteiger charge is 2.13. The molecule has 0 bridgehead atoms. The van der Waals surface area contributed by atoms with E-state index in [-0.39, 0.29) is 5.84 Å². The largest absolute Gasteiger partial charge is 0.384 e. The fourth-order valence-electron chi connectivity index (χ4n) is 1.82. The summed E-state index contributed by atoms with van der Waals surface area (Å²) in [5.41, 5.74) is 7.09. The summed E-state index contributed by atoms with van der Waals surface area (Å²) in [6.45, 7) is 1.83. The van der Waals surface area contributed by atoms with Crippen molar-refractivity contribution in [3.63, 3.8) is 0 Å². The van der Waals surface area contributed by atoms with Crippen LogP contribution in [0.2, 0.25) is 0 Å². The highest BCUT2D eigenvalue weighted by Crippen LogP contribution is 2.28. The Labute approximate surface area is 119 Å². The second-order valence-corrected chi connectivity index (χ2v) is 5.21. The minimum atomic E-state index is -0.0157. The van der Waals surface area contributed by atoms with Gasteiger partial charge in [-0.15, -0.1) is 5.10 Å². The van der Waals surface area contributed by atoms with E-state index in [4.69, 9.17) is 11.1 Å². The molecule has 2 aromatic heterocycles. The normalized spacial score (nSPS) is 10.8. The first-order valence-corrected chi connectivity index (χ1v) is 6.76. The van der Waals surface area contributed by atoms with Crippen LogP contribution in [0.25, 0.3) is 10.9 Å².